The predicted octanol–water partition coefficient (Wildman–Crippen LogP) is 2.59. The Kier molecular flexibility index (Phi) is 8.01. The summed E-state index contributed by atoms with van der Waals surface area (Å²) in [5.41, 5.74) is 0. The Morgan fingerprint density at radius 3 is 2.07 bits per heavy atom. The van der Waals surface area contributed by atoms with Gasteiger partial charge in [-0.3, -0.25) is 0 Å². The van der Waals surface area contributed by atoms with Gasteiger partial charge in [-0.1, -0.05) is 25.3 Å². The van der Waals surface area contributed by atoms with Gasteiger partial charge in [0.05, 0.1) is 6.10 Å². The van der Waals surface area contributed by atoms with Crippen LogP contribution in [0.25, 0.3) is 0 Å². The van der Waals surface area contributed by atoms with Crippen molar-refractivity contribution in [1.82, 2.24) is 0 Å². The molecule has 3 heteroatoms. The fraction of sp³-hybridized carbons (Fsp3) is 0.750. The van der Waals surface area contributed by atoms with E-state index in [2.05, 4.69) is 0 Å². The van der Waals surface area contributed by atoms with E-state index in [-0.39, 0.29) is 6.10 Å². The molecule has 0 bridgehead atoms. The van der Waals surface area contributed by atoms with E-state index in [1.54, 1.807) is 6.92 Å². The van der Waals surface area contributed by atoms with Gasteiger partial charge in [0.2, 0.25) is 0 Å². The van der Waals surface area contributed by atoms with Crippen LogP contribution in [-0.4, -0.2) is 22.3 Å². The predicted molar refractivity (Wildman–Crippen MR) is 60.7 cm³/mol. The molecular weight excluding hydrogens is 192 g/mol. The van der Waals surface area contributed by atoms with Crippen molar-refractivity contribution >= 4 is 5.97 Å². The zero-order valence-corrected chi connectivity index (χ0v) is 9.65. The molecule has 1 fully saturated rings. The maximum absolute atomic E-state index is 9.51. The number of rotatable bonds is 2. The summed E-state index contributed by atoms with van der Waals surface area (Å²) in [7, 11) is 0. The Bertz CT molecular complexity index is 191. The maximum atomic E-state index is 9.51. The van der Waals surface area contributed by atoms with Gasteiger partial charge in [0.1, 0.15) is 0 Å². The third-order valence-corrected chi connectivity index (χ3v) is 2.64. The van der Waals surface area contributed by atoms with Gasteiger partial charge in [-0.25, -0.2) is 4.79 Å². The molecule has 0 radical (unpaired) electrons. The van der Waals surface area contributed by atoms with Crippen LogP contribution < -0.4 is 0 Å². The summed E-state index contributed by atoms with van der Waals surface area (Å²) in [6, 6.07) is 0. The van der Waals surface area contributed by atoms with Crippen molar-refractivity contribution in [3.05, 3.63) is 12.2 Å². The molecule has 0 amide bonds. The van der Waals surface area contributed by atoms with Gasteiger partial charge < -0.3 is 10.2 Å². The molecule has 0 spiro atoms. The maximum Gasteiger partial charge on any atom is 0.327 e. The van der Waals surface area contributed by atoms with Crippen molar-refractivity contribution in [1.29, 1.82) is 0 Å². The standard InChI is InChI=1S/C8H16O.C4H6O2/c1-7(9)8-5-3-2-4-6-8;1-2-3-4(5)6/h7-9H,2-6H2,1H3;2-3H,1H3,(H,5,6). The molecule has 0 aliphatic heterocycles. The number of aliphatic carboxylic acids is 1. The van der Waals surface area contributed by atoms with Crippen LogP contribution in [0.3, 0.4) is 0 Å². The van der Waals surface area contributed by atoms with Gasteiger partial charge in [-0.05, 0) is 32.6 Å². The van der Waals surface area contributed by atoms with E-state index < -0.39 is 5.97 Å². The number of aliphatic hydroxyl groups is 1. The number of aliphatic hydroxyl groups excluding tert-OH is 1. The van der Waals surface area contributed by atoms with Crippen LogP contribution in [0.4, 0.5) is 0 Å². The lowest BCUT2D eigenvalue weighted by molar-refractivity contribution is -0.131. The van der Waals surface area contributed by atoms with E-state index in [0.29, 0.717) is 5.92 Å². The van der Waals surface area contributed by atoms with Crippen molar-refractivity contribution in [2.75, 3.05) is 0 Å². The lowest BCUT2D eigenvalue weighted by Gasteiger charge is -2.23. The first-order valence-corrected chi connectivity index (χ1v) is 5.61. The Hall–Kier alpha value is -0.830. The summed E-state index contributed by atoms with van der Waals surface area (Å²) in [6.45, 7) is 3.57. The smallest absolute Gasteiger partial charge is 0.327 e. The monoisotopic (exact) mass is 214 g/mol. The SMILES string of the molecule is CC(O)C1CCCCC1.CC=CC(=O)O. The first-order valence-electron chi connectivity index (χ1n) is 5.61. The number of carbonyl (C=O) groups is 1. The molecule has 15 heavy (non-hydrogen) atoms. The number of allylic oxidation sites excluding steroid dienone is 1. The van der Waals surface area contributed by atoms with Gasteiger partial charge in [0.25, 0.3) is 0 Å². The van der Waals surface area contributed by atoms with E-state index in [4.69, 9.17) is 5.11 Å². The molecule has 1 aliphatic rings. The molecule has 0 aromatic rings. The third-order valence-electron chi connectivity index (χ3n) is 2.64. The minimum absolute atomic E-state index is 0.0645. The largest absolute Gasteiger partial charge is 0.478 e. The van der Waals surface area contributed by atoms with Crippen molar-refractivity contribution in [2.24, 2.45) is 5.92 Å². The van der Waals surface area contributed by atoms with Crippen LogP contribution in [0.1, 0.15) is 46.0 Å². The van der Waals surface area contributed by atoms with Crippen molar-refractivity contribution in [2.45, 2.75) is 52.1 Å². The average Bonchev–Trinajstić information content (AvgIpc) is 2.20. The van der Waals surface area contributed by atoms with Crippen molar-refractivity contribution < 1.29 is 15.0 Å². The highest BCUT2D eigenvalue weighted by atomic mass is 16.4. The quantitative estimate of drug-likeness (QED) is 0.695. The van der Waals surface area contributed by atoms with Crippen molar-refractivity contribution in [3.63, 3.8) is 0 Å². The van der Waals surface area contributed by atoms with E-state index in [0.717, 1.165) is 6.08 Å². The summed E-state index contributed by atoms with van der Waals surface area (Å²) in [5, 5.41) is 17.0. The molecule has 88 valence electrons. The lowest BCUT2D eigenvalue weighted by atomic mass is 9.86. The Morgan fingerprint density at radius 2 is 1.87 bits per heavy atom. The van der Waals surface area contributed by atoms with Gasteiger partial charge in [-0.15, -0.1) is 0 Å². The van der Waals surface area contributed by atoms with E-state index in [1.807, 2.05) is 6.92 Å². The second-order valence-electron chi connectivity index (χ2n) is 3.98. The molecule has 1 rings (SSSR count). The van der Waals surface area contributed by atoms with Crippen LogP contribution in [0.5, 0.6) is 0 Å². The normalized spacial score (nSPS) is 19.4. The average molecular weight is 214 g/mol. The van der Waals surface area contributed by atoms with E-state index in [1.165, 1.54) is 38.2 Å². The van der Waals surface area contributed by atoms with E-state index in [9.17, 15) is 9.90 Å². The van der Waals surface area contributed by atoms with Crippen LogP contribution in [0, 0.1) is 5.92 Å². The minimum atomic E-state index is -0.891. The fourth-order valence-corrected chi connectivity index (χ4v) is 1.76. The fourth-order valence-electron chi connectivity index (χ4n) is 1.76. The molecule has 3 nitrogen and oxygen atoms in total. The summed E-state index contributed by atoms with van der Waals surface area (Å²) < 4.78 is 0. The summed E-state index contributed by atoms with van der Waals surface area (Å²) in [4.78, 5) is 9.51. The second-order valence-corrected chi connectivity index (χ2v) is 3.98. The van der Waals surface area contributed by atoms with Crippen LogP contribution in [0.2, 0.25) is 0 Å². The number of hydrogen-bond acceptors (Lipinski definition) is 2. The van der Waals surface area contributed by atoms with E-state index >= 15 is 0 Å². The molecule has 0 aromatic carbocycles. The van der Waals surface area contributed by atoms with Gasteiger partial charge in [0.15, 0.2) is 0 Å². The van der Waals surface area contributed by atoms with Crippen LogP contribution in [-0.2, 0) is 4.79 Å². The highest BCUT2D eigenvalue weighted by Gasteiger charge is 2.17. The Morgan fingerprint density at radius 1 is 1.33 bits per heavy atom. The minimum Gasteiger partial charge on any atom is -0.478 e. The molecule has 0 saturated heterocycles. The molecule has 0 aromatic heterocycles. The number of carboxylic acid groups (broad SMARTS) is 1. The molecular formula is C12H22O3. The van der Waals surface area contributed by atoms with Gasteiger partial charge in [-0.2, -0.15) is 0 Å². The second kappa shape index (κ2) is 8.48. The van der Waals surface area contributed by atoms with Gasteiger partial charge in [0, 0.05) is 6.08 Å². The summed E-state index contributed by atoms with van der Waals surface area (Å²) in [5.74, 6) is -0.281. The third kappa shape index (κ3) is 8.18. The topological polar surface area (TPSA) is 57.5 Å². The van der Waals surface area contributed by atoms with Crippen molar-refractivity contribution in [3.8, 4) is 0 Å². The highest BCUT2D eigenvalue weighted by molar-refractivity contribution is 5.79. The first kappa shape index (κ1) is 14.2. The molecule has 2 N–H and O–H groups in total. The summed E-state index contributed by atoms with van der Waals surface area (Å²) >= 11 is 0. The summed E-state index contributed by atoms with van der Waals surface area (Å²) in [6.07, 6.45) is 9.02. The number of carboxylic acids is 1. The van der Waals surface area contributed by atoms with Crippen LogP contribution in [0.15, 0.2) is 12.2 Å². The zero-order chi connectivity index (χ0) is 11.7. The molecule has 0 heterocycles. The van der Waals surface area contributed by atoms with Crippen LogP contribution >= 0.6 is 0 Å². The lowest BCUT2D eigenvalue weighted by Crippen LogP contribution is -2.19. The first-order chi connectivity index (χ1) is 7.07. The highest BCUT2D eigenvalue weighted by Crippen LogP contribution is 2.25. The molecule has 1 unspecified atom stereocenters. The molecule has 1 atom stereocenters. The Balaban J connectivity index is 0.000000288. The zero-order valence-electron chi connectivity index (χ0n) is 9.65. The van der Waals surface area contributed by atoms with Gasteiger partial charge >= 0.3 is 5.97 Å². The number of hydrogen-bond donors (Lipinski definition) is 2. The molecule has 1 aliphatic carbocycles. The Labute approximate surface area is 91.8 Å². The molecule has 1 saturated carbocycles.